The van der Waals surface area contributed by atoms with E-state index in [-0.39, 0.29) is 11.5 Å². The summed E-state index contributed by atoms with van der Waals surface area (Å²) in [5.74, 6) is -1.17. The molecule has 1 N–H and O–H groups in total. The van der Waals surface area contributed by atoms with Crippen molar-refractivity contribution >= 4 is 0 Å². The van der Waals surface area contributed by atoms with Crippen LogP contribution in [0.4, 0.5) is 8.78 Å². The average molecular weight is 291 g/mol. The van der Waals surface area contributed by atoms with Crippen molar-refractivity contribution in [1.82, 2.24) is 20.1 Å². The fourth-order valence-electron chi connectivity index (χ4n) is 1.87. The van der Waals surface area contributed by atoms with Crippen LogP contribution in [-0.2, 0) is 6.54 Å². The zero-order valence-electron chi connectivity index (χ0n) is 11.8. The number of nitrogens with zero attached hydrogens (tertiary/aromatic N) is 4. The molecule has 0 amide bonds. The highest BCUT2D eigenvalue weighted by Gasteiger charge is 2.15. The Labute approximate surface area is 121 Å². The number of nitriles is 1. The predicted octanol–water partition coefficient (Wildman–Crippen LogP) is 2.16. The van der Waals surface area contributed by atoms with Gasteiger partial charge in [-0.3, -0.25) is 0 Å². The van der Waals surface area contributed by atoms with Crippen LogP contribution in [-0.4, -0.2) is 21.3 Å². The minimum Gasteiger partial charge on any atom is -0.312 e. The number of hydrogen-bond donors (Lipinski definition) is 1. The Balaban J connectivity index is 2.23. The summed E-state index contributed by atoms with van der Waals surface area (Å²) < 4.78 is 29.0. The van der Waals surface area contributed by atoms with Crippen molar-refractivity contribution in [2.75, 3.05) is 6.54 Å². The molecule has 2 aromatic rings. The van der Waals surface area contributed by atoms with Gasteiger partial charge in [0.15, 0.2) is 11.6 Å². The van der Waals surface area contributed by atoms with E-state index in [4.69, 9.17) is 5.26 Å². The third-order valence-electron chi connectivity index (χ3n) is 2.78. The summed E-state index contributed by atoms with van der Waals surface area (Å²) in [6, 6.07) is 4.21. The Kier molecular flexibility index (Phi) is 4.60. The predicted molar refractivity (Wildman–Crippen MR) is 72.5 cm³/mol. The molecule has 0 aliphatic heterocycles. The lowest BCUT2D eigenvalue weighted by Gasteiger charge is -2.10. The minimum absolute atomic E-state index is 0.142. The zero-order valence-corrected chi connectivity index (χ0v) is 11.8. The third-order valence-corrected chi connectivity index (χ3v) is 2.78. The molecule has 0 atom stereocenters. The summed E-state index contributed by atoms with van der Waals surface area (Å²) in [6.45, 7) is 5.25. The van der Waals surface area contributed by atoms with E-state index in [0.717, 1.165) is 17.6 Å². The number of benzene rings is 1. The summed E-state index contributed by atoms with van der Waals surface area (Å²) in [4.78, 5) is 3.63. The van der Waals surface area contributed by atoms with Crippen molar-refractivity contribution in [2.24, 2.45) is 5.92 Å². The maximum atomic E-state index is 14.1. The molecule has 0 bridgehead atoms. The van der Waals surface area contributed by atoms with E-state index < -0.39 is 11.6 Å². The van der Waals surface area contributed by atoms with Crippen molar-refractivity contribution in [1.29, 1.82) is 5.26 Å². The Morgan fingerprint density at radius 1 is 1.33 bits per heavy atom. The molecule has 0 saturated heterocycles. The van der Waals surface area contributed by atoms with Crippen molar-refractivity contribution in [3.8, 4) is 11.8 Å². The molecule has 0 aliphatic carbocycles. The van der Waals surface area contributed by atoms with Crippen LogP contribution in [0.2, 0.25) is 0 Å². The molecule has 1 heterocycles. The smallest absolute Gasteiger partial charge is 0.252 e. The van der Waals surface area contributed by atoms with Gasteiger partial charge in [-0.15, -0.1) is 5.10 Å². The second-order valence-electron chi connectivity index (χ2n) is 5.06. The molecule has 0 fully saturated rings. The van der Waals surface area contributed by atoms with Crippen molar-refractivity contribution < 1.29 is 8.78 Å². The molecule has 2 rings (SSSR count). The van der Waals surface area contributed by atoms with Gasteiger partial charge in [0.1, 0.15) is 18.1 Å². The maximum absolute atomic E-state index is 14.1. The van der Waals surface area contributed by atoms with Crippen molar-refractivity contribution in [2.45, 2.75) is 20.4 Å². The van der Waals surface area contributed by atoms with Crippen molar-refractivity contribution in [3.63, 3.8) is 0 Å². The van der Waals surface area contributed by atoms with E-state index in [1.807, 2.05) is 0 Å². The number of rotatable bonds is 5. The van der Waals surface area contributed by atoms with E-state index in [9.17, 15) is 8.78 Å². The molecule has 0 aliphatic rings. The fraction of sp³-hybridized carbons (Fsp3) is 0.357. The van der Waals surface area contributed by atoms with Crippen LogP contribution < -0.4 is 5.32 Å². The highest BCUT2D eigenvalue weighted by Crippen LogP contribution is 2.19. The Bertz CT molecular complexity index is 649. The Morgan fingerprint density at radius 3 is 2.52 bits per heavy atom. The van der Waals surface area contributed by atoms with Crippen LogP contribution >= 0.6 is 0 Å². The van der Waals surface area contributed by atoms with Gasteiger partial charge in [-0.25, -0.2) is 18.4 Å². The Hall–Kier alpha value is -2.33. The van der Waals surface area contributed by atoms with Gasteiger partial charge in [0.05, 0.1) is 0 Å². The lowest BCUT2D eigenvalue weighted by Crippen LogP contribution is -2.19. The van der Waals surface area contributed by atoms with Gasteiger partial charge < -0.3 is 5.32 Å². The first kappa shape index (κ1) is 15.1. The van der Waals surface area contributed by atoms with E-state index in [2.05, 4.69) is 29.2 Å². The number of nitrogens with one attached hydrogen (secondary N) is 1. The normalized spacial score (nSPS) is 10.9. The van der Waals surface area contributed by atoms with Gasteiger partial charge in [0, 0.05) is 6.54 Å². The summed E-state index contributed by atoms with van der Waals surface area (Å²) in [5.41, 5.74) is 0.173. The zero-order chi connectivity index (χ0) is 15.4. The summed E-state index contributed by atoms with van der Waals surface area (Å²) >= 11 is 0. The van der Waals surface area contributed by atoms with Crippen LogP contribution in [0, 0.1) is 28.9 Å². The van der Waals surface area contributed by atoms with Crippen LogP contribution in [0.25, 0.3) is 5.69 Å². The molecular formula is C14H15F2N5. The second-order valence-corrected chi connectivity index (χ2v) is 5.06. The first-order chi connectivity index (χ1) is 10.0. The largest absolute Gasteiger partial charge is 0.312 e. The van der Waals surface area contributed by atoms with E-state index in [1.54, 1.807) is 6.07 Å². The Morgan fingerprint density at radius 2 is 2.00 bits per heavy atom. The molecule has 1 aromatic heterocycles. The lowest BCUT2D eigenvalue weighted by atomic mass is 10.1. The number of aromatic nitrogens is 3. The SMILES string of the molecule is CC(C)CNCc1cc(F)c(-n2cnc(C#N)n2)c(F)c1. The van der Waals surface area contributed by atoms with E-state index in [1.165, 1.54) is 12.1 Å². The molecule has 1 aromatic carbocycles. The second kappa shape index (κ2) is 6.41. The van der Waals surface area contributed by atoms with E-state index >= 15 is 0 Å². The molecule has 0 unspecified atom stereocenters. The molecule has 110 valence electrons. The maximum Gasteiger partial charge on any atom is 0.252 e. The van der Waals surface area contributed by atoms with Gasteiger partial charge in [0.2, 0.25) is 0 Å². The van der Waals surface area contributed by atoms with Gasteiger partial charge in [-0.05, 0) is 30.2 Å². The summed E-state index contributed by atoms with van der Waals surface area (Å²) in [5, 5.41) is 15.4. The molecule has 0 radical (unpaired) electrons. The fourth-order valence-corrected chi connectivity index (χ4v) is 1.87. The average Bonchev–Trinajstić information content (AvgIpc) is 2.86. The first-order valence-corrected chi connectivity index (χ1v) is 6.52. The van der Waals surface area contributed by atoms with Crippen molar-refractivity contribution in [3.05, 3.63) is 41.5 Å². The third kappa shape index (κ3) is 3.61. The molecular weight excluding hydrogens is 276 g/mol. The quantitative estimate of drug-likeness (QED) is 0.916. The highest BCUT2D eigenvalue weighted by atomic mass is 19.1. The van der Waals surface area contributed by atoms with Crippen LogP contribution in [0.5, 0.6) is 0 Å². The molecule has 7 heteroatoms. The number of halogens is 2. The highest BCUT2D eigenvalue weighted by molar-refractivity contribution is 5.37. The lowest BCUT2D eigenvalue weighted by molar-refractivity contribution is 0.537. The van der Waals surface area contributed by atoms with Gasteiger partial charge in [-0.2, -0.15) is 5.26 Å². The standard InChI is InChI=1S/C14H15F2N5/c1-9(2)6-18-7-10-3-11(15)14(12(16)4-10)21-8-19-13(5-17)20-21/h3-4,8-9,18H,6-7H2,1-2H3. The van der Waals surface area contributed by atoms with Gasteiger partial charge in [0.25, 0.3) is 5.82 Å². The van der Waals surface area contributed by atoms with Gasteiger partial charge >= 0.3 is 0 Å². The molecule has 21 heavy (non-hydrogen) atoms. The van der Waals surface area contributed by atoms with Gasteiger partial charge in [-0.1, -0.05) is 13.8 Å². The van der Waals surface area contributed by atoms with E-state index in [0.29, 0.717) is 18.0 Å². The van der Waals surface area contributed by atoms with Crippen LogP contribution in [0.1, 0.15) is 25.2 Å². The first-order valence-electron chi connectivity index (χ1n) is 6.52. The minimum atomic E-state index is -0.745. The number of hydrogen-bond acceptors (Lipinski definition) is 4. The molecule has 0 saturated carbocycles. The molecule has 5 nitrogen and oxygen atoms in total. The topological polar surface area (TPSA) is 66.5 Å². The summed E-state index contributed by atoms with van der Waals surface area (Å²) in [6.07, 6.45) is 1.11. The van der Waals surface area contributed by atoms with Crippen LogP contribution in [0.15, 0.2) is 18.5 Å². The summed E-state index contributed by atoms with van der Waals surface area (Å²) in [7, 11) is 0. The van der Waals surface area contributed by atoms with Crippen LogP contribution in [0.3, 0.4) is 0 Å². The molecule has 0 spiro atoms. The monoisotopic (exact) mass is 291 g/mol.